The number of rotatable bonds is 5. The molecular weight excluding hydrogens is 292 g/mol. The highest BCUT2D eigenvalue weighted by atomic mass is 32.2. The number of nitrogens with zero attached hydrogens (tertiary/aromatic N) is 1. The maximum Gasteiger partial charge on any atom is 0.244 e. The first-order valence-corrected chi connectivity index (χ1v) is 9.63. The molecule has 0 spiro atoms. The van der Waals surface area contributed by atoms with Gasteiger partial charge in [0.2, 0.25) is 10.0 Å². The number of aryl methyl sites for hydroxylation is 1. The average Bonchev–Trinajstić information content (AvgIpc) is 2.81. The molecule has 1 saturated heterocycles. The van der Waals surface area contributed by atoms with Crippen LogP contribution in [0.15, 0.2) is 10.3 Å². The molecule has 6 heteroatoms. The van der Waals surface area contributed by atoms with Gasteiger partial charge < -0.3 is 5.73 Å². The lowest BCUT2D eigenvalue weighted by Crippen LogP contribution is -2.43. The van der Waals surface area contributed by atoms with E-state index < -0.39 is 10.0 Å². The first-order chi connectivity index (χ1) is 9.52. The topological polar surface area (TPSA) is 63.4 Å². The van der Waals surface area contributed by atoms with Gasteiger partial charge in [0.15, 0.2) is 0 Å². The second-order valence-electron chi connectivity index (χ2n) is 5.43. The number of hydrogen-bond donors (Lipinski definition) is 1. The van der Waals surface area contributed by atoms with E-state index in [2.05, 4.69) is 6.92 Å². The van der Waals surface area contributed by atoms with Gasteiger partial charge in [-0.25, -0.2) is 8.42 Å². The van der Waals surface area contributed by atoms with Crippen LogP contribution in [0.2, 0.25) is 0 Å². The summed E-state index contributed by atoms with van der Waals surface area (Å²) in [5.41, 5.74) is 6.54. The van der Waals surface area contributed by atoms with Crippen molar-refractivity contribution >= 4 is 21.4 Å². The Morgan fingerprint density at radius 3 is 2.85 bits per heavy atom. The van der Waals surface area contributed by atoms with Crippen LogP contribution in [0.4, 0.5) is 0 Å². The number of nitrogens with two attached hydrogens (primary N) is 1. The smallest absolute Gasteiger partial charge is 0.244 e. The van der Waals surface area contributed by atoms with Gasteiger partial charge in [0.05, 0.1) is 0 Å². The Labute approximate surface area is 126 Å². The highest BCUT2D eigenvalue weighted by Gasteiger charge is 2.35. The number of hydrogen-bond acceptors (Lipinski definition) is 4. The zero-order chi connectivity index (χ0) is 14.8. The fourth-order valence-corrected chi connectivity index (χ4v) is 6.38. The Hall–Kier alpha value is -0.430. The van der Waals surface area contributed by atoms with E-state index in [0.717, 1.165) is 42.5 Å². The van der Waals surface area contributed by atoms with Crippen LogP contribution in [0.25, 0.3) is 0 Å². The average molecular weight is 316 g/mol. The molecule has 1 fully saturated rings. The van der Waals surface area contributed by atoms with Crippen molar-refractivity contribution in [2.24, 2.45) is 5.73 Å². The molecule has 0 radical (unpaired) electrons. The van der Waals surface area contributed by atoms with Crippen LogP contribution in [0.3, 0.4) is 0 Å². The van der Waals surface area contributed by atoms with Crippen molar-refractivity contribution in [2.75, 3.05) is 6.54 Å². The third kappa shape index (κ3) is 2.93. The molecular formula is C14H24N2O2S2. The monoisotopic (exact) mass is 316 g/mol. The zero-order valence-electron chi connectivity index (χ0n) is 12.3. The van der Waals surface area contributed by atoms with Crippen LogP contribution in [0.1, 0.15) is 49.5 Å². The summed E-state index contributed by atoms with van der Waals surface area (Å²) < 4.78 is 27.8. The summed E-state index contributed by atoms with van der Waals surface area (Å²) in [6, 6.07) is 0.156. The molecule has 0 saturated carbocycles. The molecule has 0 amide bonds. The van der Waals surface area contributed by atoms with E-state index in [0.29, 0.717) is 18.0 Å². The van der Waals surface area contributed by atoms with Gasteiger partial charge in [0, 0.05) is 24.0 Å². The second kappa shape index (κ2) is 6.56. The summed E-state index contributed by atoms with van der Waals surface area (Å²) in [4.78, 5) is 1.25. The molecule has 0 aliphatic carbocycles. The Morgan fingerprint density at radius 1 is 1.45 bits per heavy atom. The molecule has 2 N–H and O–H groups in total. The molecule has 2 rings (SSSR count). The summed E-state index contributed by atoms with van der Waals surface area (Å²) in [5.74, 6) is 0. The fraction of sp³-hybridized carbons (Fsp3) is 0.714. The van der Waals surface area contributed by atoms with Crippen molar-refractivity contribution in [1.29, 1.82) is 0 Å². The predicted molar refractivity (Wildman–Crippen MR) is 83.4 cm³/mol. The second-order valence-corrected chi connectivity index (χ2v) is 8.22. The van der Waals surface area contributed by atoms with Crippen LogP contribution in [0.5, 0.6) is 0 Å². The summed E-state index contributed by atoms with van der Waals surface area (Å²) in [6.45, 7) is 4.91. The van der Waals surface area contributed by atoms with Crippen molar-refractivity contribution < 1.29 is 8.42 Å². The highest BCUT2D eigenvalue weighted by Crippen LogP contribution is 2.33. The Morgan fingerprint density at radius 2 is 2.20 bits per heavy atom. The van der Waals surface area contributed by atoms with E-state index in [1.165, 1.54) is 11.3 Å². The maximum absolute atomic E-state index is 13.0. The first-order valence-electron chi connectivity index (χ1n) is 7.31. The lowest BCUT2D eigenvalue weighted by molar-refractivity contribution is 0.239. The van der Waals surface area contributed by atoms with Crippen molar-refractivity contribution in [2.45, 2.75) is 63.4 Å². The van der Waals surface area contributed by atoms with E-state index in [9.17, 15) is 8.42 Å². The van der Waals surface area contributed by atoms with E-state index in [-0.39, 0.29) is 6.04 Å². The molecule has 1 aliphatic rings. The third-order valence-electron chi connectivity index (χ3n) is 3.94. The van der Waals surface area contributed by atoms with Gasteiger partial charge in [-0.15, -0.1) is 11.3 Å². The minimum Gasteiger partial charge on any atom is -0.326 e. The standard InChI is InChI=1S/C14H24N2O2S2/c1-3-6-12-7-4-5-8-16(12)20(17,18)14-11(2)10-19-13(14)9-15/h10,12H,3-9,15H2,1-2H3. The van der Waals surface area contributed by atoms with Crippen molar-refractivity contribution in [3.8, 4) is 0 Å². The van der Waals surface area contributed by atoms with Gasteiger partial charge >= 0.3 is 0 Å². The van der Waals surface area contributed by atoms with Gasteiger partial charge in [0.25, 0.3) is 0 Å². The van der Waals surface area contributed by atoms with Crippen LogP contribution in [-0.2, 0) is 16.6 Å². The van der Waals surface area contributed by atoms with Gasteiger partial charge in [0.1, 0.15) is 4.90 Å². The van der Waals surface area contributed by atoms with E-state index in [4.69, 9.17) is 5.73 Å². The molecule has 4 nitrogen and oxygen atoms in total. The molecule has 0 bridgehead atoms. The Balaban J connectivity index is 2.39. The van der Waals surface area contributed by atoms with Gasteiger partial charge in [-0.3, -0.25) is 0 Å². The minimum atomic E-state index is -3.40. The van der Waals surface area contributed by atoms with E-state index >= 15 is 0 Å². The minimum absolute atomic E-state index is 0.156. The van der Waals surface area contributed by atoms with Gasteiger partial charge in [-0.2, -0.15) is 4.31 Å². The molecule has 1 unspecified atom stereocenters. The quantitative estimate of drug-likeness (QED) is 0.908. The summed E-state index contributed by atoms with van der Waals surface area (Å²) in [6.07, 6.45) is 5.03. The lowest BCUT2D eigenvalue weighted by atomic mass is 10.0. The van der Waals surface area contributed by atoms with Crippen molar-refractivity contribution in [3.63, 3.8) is 0 Å². The summed E-state index contributed by atoms with van der Waals surface area (Å²) >= 11 is 1.45. The number of sulfonamides is 1. The fourth-order valence-electron chi connectivity index (χ4n) is 3.00. The van der Waals surface area contributed by atoms with Crippen LogP contribution in [-0.4, -0.2) is 25.3 Å². The predicted octanol–water partition coefficient (Wildman–Crippen LogP) is 2.86. The largest absolute Gasteiger partial charge is 0.326 e. The molecule has 1 aliphatic heterocycles. The van der Waals surface area contributed by atoms with Crippen LogP contribution < -0.4 is 5.73 Å². The SMILES string of the molecule is CCCC1CCCCN1S(=O)(=O)c1c(C)csc1CN. The van der Waals surface area contributed by atoms with E-state index in [1.54, 1.807) is 4.31 Å². The zero-order valence-corrected chi connectivity index (χ0v) is 13.9. The summed E-state index contributed by atoms with van der Waals surface area (Å²) in [5, 5.41) is 1.90. The van der Waals surface area contributed by atoms with E-state index in [1.807, 2.05) is 12.3 Å². The Kier molecular flexibility index (Phi) is 5.23. The summed E-state index contributed by atoms with van der Waals surface area (Å²) in [7, 11) is -3.40. The van der Waals surface area contributed by atoms with Gasteiger partial charge in [-0.05, 0) is 37.1 Å². The number of piperidine rings is 1. The molecule has 1 aromatic heterocycles. The molecule has 20 heavy (non-hydrogen) atoms. The molecule has 0 aromatic carbocycles. The third-order valence-corrected chi connectivity index (χ3v) is 7.37. The first kappa shape index (κ1) is 15.9. The lowest BCUT2D eigenvalue weighted by Gasteiger charge is -2.34. The van der Waals surface area contributed by atoms with Crippen molar-refractivity contribution in [3.05, 3.63) is 15.8 Å². The highest BCUT2D eigenvalue weighted by molar-refractivity contribution is 7.89. The molecule has 1 aromatic rings. The Bertz CT molecular complexity index is 550. The molecule has 2 heterocycles. The normalized spacial score (nSPS) is 21.2. The molecule has 1 atom stereocenters. The molecule has 114 valence electrons. The maximum atomic E-state index is 13.0. The number of thiophene rings is 1. The van der Waals surface area contributed by atoms with Crippen LogP contribution >= 0.6 is 11.3 Å². The van der Waals surface area contributed by atoms with Gasteiger partial charge in [-0.1, -0.05) is 19.8 Å². The van der Waals surface area contributed by atoms with Crippen LogP contribution in [0, 0.1) is 6.92 Å². The van der Waals surface area contributed by atoms with Crippen molar-refractivity contribution in [1.82, 2.24) is 4.31 Å².